The van der Waals surface area contributed by atoms with E-state index in [4.69, 9.17) is 5.11 Å². The number of non-ortho nitro benzene ring substituents is 1. The molecule has 0 saturated carbocycles. The molecule has 0 aliphatic rings. The molecule has 0 fully saturated rings. The van der Waals surface area contributed by atoms with E-state index in [1.165, 1.54) is 7.05 Å². The molecule has 0 saturated heterocycles. The highest BCUT2D eigenvalue weighted by Gasteiger charge is 2.17. The van der Waals surface area contributed by atoms with E-state index in [-0.39, 0.29) is 30.0 Å². The van der Waals surface area contributed by atoms with Gasteiger partial charge in [-0.15, -0.1) is 0 Å². The van der Waals surface area contributed by atoms with Crippen LogP contribution in [0, 0.1) is 10.1 Å². The lowest BCUT2D eigenvalue weighted by Crippen LogP contribution is -2.29. The molecule has 1 rings (SSSR count). The lowest BCUT2D eigenvalue weighted by molar-refractivity contribution is -0.384. The number of hydrogen-bond donors (Lipinski definition) is 3. The molecular formula is C12H13N3O6. The third-order valence-electron chi connectivity index (χ3n) is 2.55. The van der Waals surface area contributed by atoms with Crippen LogP contribution in [0.2, 0.25) is 0 Å². The van der Waals surface area contributed by atoms with Crippen molar-refractivity contribution in [1.29, 1.82) is 0 Å². The zero-order valence-electron chi connectivity index (χ0n) is 11.1. The van der Waals surface area contributed by atoms with Gasteiger partial charge in [0, 0.05) is 37.7 Å². The molecule has 0 aliphatic carbocycles. The molecule has 2 amide bonds. The number of aromatic carboxylic acids is 1. The SMILES string of the molecule is CNC(=O)CCNC(=O)c1cc(C(=O)O)cc([N+](=O)[O-])c1. The van der Waals surface area contributed by atoms with Crippen LogP contribution in [0.5, 0.6) is 0 Å². The van der Waals surface area contributed by atoms with E-state index in [0.29, 0.717) is 0 Å². The largest absolute Gasteiger partial charge is 0.478 e. The molecule has 1 aromatic rings. The van der Waals surface area contributed by atoms with Gasteiger partial charge in [0.1, 0.15) is 0 Å². The Morgan fingerprint density at radius 1 is 1.24 bits per heavy atom. The van der Waals surface area contributed by atoms with Crippen molar-refractivity contribution in [3.8, 4) is 0 Å². The fraction of sp³-hybridized carbons (Fsp3) is 0.250. The summed E-state index contributed by atoms with van der Waals surface area (Å²) in [6.45, 7) is 0.0314. The highest BCUT2D eigenvalue weighted by atomic mass is 16.6. The number of amides is 2. The first-order valence-electron chi connectivity index (χ1n) is 5.86. The van der Waals surface area contributed by atoms with E-state index in [9.17, 15) is 24.5 Å². The Balaban J connectivity index is 2.90. The summed E-state index contributed by atoms with van der Waals surface area (Å²) < 4.78 is 0. The van der Waals surface area contributed by atoms with Crippen molar-refractivity contribution in [2.45, 2.75) is 6.42 Å². The molecule has 0 bridgehead atoms. The molecule has 9 heteroatoms. The van der Waals surface area contributed by atoms with Gasteiger partial charge >= 0.3 is 5.97 Å². The Kier molecular flexibility index (Phi) is 5.35. The molecular weight excluding hydrogens is 282 g/mol. The highest BCUT2D eigenvalue weighted by Crippen LogP contribution is 2.17. The minimum absolute atomic E-state index is 0.0314. The first kappa shape index (κ1) is 16.1. The number of benzene rings is 1. The van der Waals surface area contributed by atoms with Gasteiger partial charge in [-0.25, -0.2) is 4.79 Å². The van der Waals surface area contributed by atoms with Gasteiger partial charge in [0.05, 0.1) is 10.5 Å². The van der Waals surface area contributed by atoms with Gasteiger partial charge in [-0.2, -0.15) is 0 Å². The van der Waals surface area contributed by atoms with E-state index in [1.54, 1.807) is 0 Å². The number of nitro groups is 1. The lowest BCUT2D eigenvalue weighted by atomic mass is 10.1. The van der Waals surface area contributed by atoms with Crippen LogP contribution in [0.15, 0.2) is 18.2 Å². The Morgan fingerprint density at radius 2 is 1.86 bits per heavy atom. The van der Waals surface area contributed by atoms with Gasteiger partial charge in [-0.05, 0) is 6.07 Å². The molecule has 3 N–H and O–H groups in total. The topological polar surface area (TPSA) is 139 Å². The number of nitro benzene ring substituents is 1. The van der Waals surface area contributed by atoms with Gasteiger partial charge < -0.3 is 15.7 Å². The van der Waals surface area contributed by atoms with Crippen molar-refractivity contribution in [3.63, 3.8) is 0 Å². The number of nitrogens with one attached hydrogen (secondary N) is 2. The summed E-state index contributed by atoms with van der Waals surface area (Å²) in [4.78, 5) is 43.6. The van der Waals surface area contributed by atoms with Crippen LogP contribution in [0.3, 0.4) is 0 Å². The standard InChI is InChI=1S/C12H13N3O6/c1-13-10(16)2-3-14-11(17)7-4-8(12(18)19)6-9(5-7)15(20)21/h4-6H,2-3H2,1H3,(H,13,16)(H,14,17)(H,18,19). The Hall–Kier alpha value is -2.97. The second-order valence-electron chi connectivity index (χ2n) is 4.01. The van der Waals surface area contributed by atoms with Crippen LogP contribution < -0.4 is 10.6 Å². The van der Waals surface area contributed by atoms with E-state index in [2.05, 4.69) is 10.6 Å². The Morgan fingerprint density at radius 3 is 2.38 bits per heavy atom. The predicted molar refractivity (Wildman–Crippen MR) is 71.1 cm³/mol. The fourth-order valence-corrected chi connectivity index (χ4v) is 1.49. The first-order valence-corrected chi connectivity index (χ1v) is 5.86. The highest BCUT2D eigenvalue weighted by molar-refractivity contribution is 5.98. The summed E-state index contributed by atoms with van der Waals surface area (Å²) >= 11 is 0. The van der Waals surface area contributed by atoms with Gasteiger partial charge in [0.15, 0.2) is 0 Å². The lowest BCUT2D eigenvalue weighted by Gasteiger charge is -2.06. The second-order valence-corrected chi connectivity index (χ2v) is 4.01. The van der Waals surface area contributed by atoms with E-state index >= 15 is 0 Å². The van der Waals surface area contributed by atoms with Gasteiger partial charge in [0.25, 0.3) is 11.6 Å². The van der Waals surface area contributed by atoms with Crippen molar-refractivity contribution in [1.82, 2.24) is 10.6 Å². The minimum Gasteiger partial charge on any atom is -0.478 e. The summed E-state index contributed by atoms with van der Waals surface area (Å²) in [5, 5.41) is 24.3. The van der Waals surface area contributed by atoms with Crippen LogP contribution in [0.25, 0.3) is 0 Å². The Bertz CT molecular complexity index is 566. The molecule has 0 unspecified atom stereocenters. The van der Waals surface area contributed by atoms with Gasteiger partial charge in [-0.3, -0.25) is 19.7 Å². The number of nitrogens with zero attached hydrogens (tertiary/aromatic N) is 1. The van der Waals surface area contributed by atoms with Crippen molar-refractivity contribution in [3.05, 3.63) is 39.4 Å². The van der Waals surface area contributed by atoms with Gasteiger partial charge in [0.2, 0.25) is 5.91 Å². The quantitative estimate of drug-likeness (QED) is 0.504. The van der Waals surface area contributed by atoms with Crippen molar-refractivity contribution in [2.24, 2.45) is 0 Å². The van der Waals surface area contributed by atoms with Crippen LogP contribution in [0.1, 0.15) is 27.1 Å². The monoisotopic (exact) mass is 295 g/mol. The van der Waals surface area contributed by atoms with Crippen LogP contribution in [-0.2, 0) is 4.79 Å². The summed E-state index contributed by atoms with van der Waals surface area (Å²) in [5.41, 5.74) is -1.01. The molecule has 0 aliphatic heterocycles. The maximum Gasteiger partial charge on any atom is 0.335 e. The summed E-state index contributed by atoms with van der Waals surface area (Å²) in [5.74, 6) is -2.34. The average Bonchev–Trinajstić information content (AvgIpc) is 2.46. The van der Waals surface area contributed by atoms with Gasteiger partial charge in [-0.1, -0.05) is 0 Å². The van der Waals surface area contributed by atoms with Crippen molar-refractivity contribution < 1.29 is 24.4 Å². The molecule has 112 valence electrons. The fourth-order valence-electron chi connectivity index (χ4n) is 1.49. The van der Waals surface area contributed by atoms with Crippen LogP contribution in [-0.4, -0.2) is 41.4 Å². The number of carbonyl (C=O) groups is 3. The zero-order chi connectivity index (χ0) is 16.0. The molecule has 0 atom stereocenters. The Labute approximate surface area is 119 Å². The third kappa shape index (κ3) is 4.56. The smallest absolute Gasteiger partial charge is 0.335 e. The maximum atomic E-state index is 11.8. The molecule has 0 radical (unpaired) electrons. The minimum atomic E-state index is -1.38. The number of carbonyl (C=O) groups excluding carboxylic acids is 2. The molecule has 0 heterocycles. The number of carboxylic acids is 1. The van der Waals surface area contributed by atoms with E-state index < -0.39 is 22.5 Å². The van der Waals surface area contributed by atoms with E-state index in [0.717, 1.165) is 18.2 Å². The predicted octanol–water partition coefficient (Wildman–Crippen LogP) is 0.159. The summed E-state index contributed by atoms with van der Waals surface area (Å²) in [6, 6.07) is 2.87. The molecule has 21 heavy (non-hydrogen) atoms. The van der Waals surface area contributed by atoms with Crippen molar-refractivity contribution >= 4 is 23.5 Å². The molecule has 1 aromatic carbocycles. The number of rotatable bonds is 6. The zero-order valence-corrected chi connectivity index (χ0v) is 11.1. The normalized spacial score (nSPS) is 9.76. The number of carboxylic acid groups (broad SMARTS) is 1. The average molecular weight is 295 g/mol. The summed E-state index contributed by atoms with van der Waals surface area (Å²) in [7, 11) is 1.45. The summed E-state index contributed by atoms with van der Waals surface area (Å²) in [6.07, 6.45) is 0.0446. The molecule has 0 spiro atoms. The first-order chi connectivity index (χ1) is 9.85. The maximum absolute atomic E-state index is 11.8. The second kappa shape index (κ2) is 6.98. The van der Waals surface area contributed by atoms with E-state index in [1.807, 2.05) is 0 Å². The molecule has 0 aromatic heterocycles. The molecule has 9 nitrogen and oxygen atoms in total. The van der Waals surface area contributed by atoms with Crippen molar-refractivity contribution in [2.75, 3.05) is 13.6 Å². The van der Waals surface area contributed by atoms with Crippen LogP contribution in [0.4, 0.5) is 5.69 Å². The number of hydrogen-bond acceptors (Lipinski definition) is 5. The van der Waals surface area contributed by atoms with Crippen LogP contribution >= 0.6 is 0 Å². The third-order valence-corrected chi connectivity index (χ3v) is 2.55.